The van der Waals surface area contributed by atoms with Crippen LogP contribution in [0.4, 0.5) is 0 Å². The molecule has 3 aromatic rings. The molecule has 0 saturated heterocycles. The number of hydrogen-bond donors (Lipinski definition) is 0. The summed E-state index contributed by atoms with van der Waals surface area (Å²) in [6, 6.07) is 19.6. The lowest BCUT2D eigenvalue weighted by Gasteiger charge is -2.27. The Morgan fingerprint density at radius 3 is 2.47 bits per heavy atom. The Morgan fingerprint density at radius 2 is 1.71 bits per heavy atom. The molecule has 0 bridgehead atoms. The zero-order valence-electron chi connectivity index (χ0n) is 20.8. The van der Waals surface area contributed by atoms with Crippen LogP contribution in [-0.2, 0) is 24.1 Å². The number of methoxy groups -OCH3 is 2. The summed E-state index contributed by atoms with van der Waals surface area (Å²) in [5, 5.41) is 2.64. The third-order valence-electron chi connectivity index (χ3n) is 7.14. The van der Waals surface area contributed by atoms with E-state index in [1.807, 2.05) is 17.0 Å². The van der Waals surface area contributed by atoms with Crippen molar-refractivity contribution in [2.45, 2.75) is 38.6 Å². The van der Waals surface area contributed by atoms with E-state index in [2.05, 4.69) is 61.3 Å². The number of ether oxygens (including phenoxy) is 2. The Labute approximate surface area is 203 Å². The molecule has 34 heavy (non-hydrogen) atoms. The van der Waals surface area contributed by atoms with Crippen molar-refractivity contribution in [2.24, 2.45) is 0 Å². The van der Waals surface area contributed by atoms with E-state index in [-0.39, 0.29) is 5.91 Å². The number of benzene rings is 3. The Kier molecular flexibility index (Phi) is 7.73. The van der Waals surface area contributed by atoms with Gasteiger partial charge in [0, 0.05) is 19.1 Å². The van der Waals surface area contributed by atoms with Crippen molar-refractivity contribution in [1.82, 2.24) is 9.80 Å². The third kappa shape index (κ3) is 5.36. The second-order valence-electron chi connectivity index (χ2n) is 9.31. The summed E-state index contributed by atoms with van der Waals surface area (Å²) in [4.78, 5) is 17.4. The number of fused-ring (bicyclic) bond motifs is 2. The average molecular weight is 461 g/mol. The molecular weight excluding hydrogens is 424 g/mol. The highest BCUT2D eigenvalue weighted by molar-refractivity contribution is 5.85. The predicted octanol–water partition coefficient (Wildman–Crippen LogP) is 4.74. The standard InChI is InChI=1S/C29H36N2O3/c1-21(17-24-11-7-10-22-9-5-6-12-26(22)24)30(2)14-8-15-31-16-13-23-18-27(33-3)28(34-4)19-25(23)20-29(31)32/h5-7,9-12,18-19,21H,8,13-17,20H2,1-4H3. The number of hydrogen-bond acceptors (Lipinski definition) is 4. The monoisotopic (exact) mass is 460 g/mol. The van der Waals surface area contributed by atoms with Gasteiger partial charge in [-0.1, -0.05) is 42.5 Å². The first-order valence-corrected chi connectivity index (χ1v) is 12.2. The van der Waals surface area contributed by atoms with Gasteiger partial charge in [0.1, 0.15) is 0 Å². The second-order valence-corrected chi connectivity index (χ2v) is 9.31. The van der Waals surface area contributed by atoms with Crippen molar-refractivity contribution in [3.8, 4) is 11.5 Å². The van der Waals surface area contributed by atoms with Gasteiger partial charge in [-0.15, -0.1) is 0 Å². The number of rotatable bonds is 9. The van der Waals surface area contributed by atoms with Gasteiger partial charge in [0.2, 0.25) is 5.91 Å². The molecule has 0 saturated carbocycles. The van der Waals surface area contributed by atoms with E-state index < -0.39 is 0 Å². The molecule has 0 fully saturated rings. The van der Waals surface area contributed by atoms with Crippen LogP contribution in [0.2, 0.25) is 0 Å². The van der Waals surface area contributed by atoms with Crippen LogP contribution in [-0.4, -0.2) is 62.7 Å². The minimum absolute atomic E-state index is 0.192. The van der Waals surface area contributed by atoms with Crippen LogP contribution in [0.25, 0.3) is 10.8 Å². The van der Waals surface area contributed by atoms with E-state index in [4.69, 9.17) is 9.47 Å². The third-order valence-corrected chi connectivity index (χ3v) is 7.14. The van der Waals surface area contributed by atoms with Gasteiger partial charge in [-0.25, -0.2) is 0 Å². The molecule has 1 heterocycles. The molecule has 1 amide bonds. The van der Waals surface area contributed by atoms with Crippen molar-refractivity contribution >= 4 is 16.7 Å². The molecule has 0 aliphatic carbocycles. The normalized spacial score (nSPS) is 14.7. The van der Waals surface area contributed by atoms with E-state index in [1.165, 1.54) is 21.9 Å². The van der Waals surface area contributed by atoms with Crippen LogP contribution in [0.1, 0.15) is 30.0 Å². The Balaban J connectivity index is 1.31. The lowest BCUT2D eigenvalue weighted by atomic mass is 9.99. The lowest BCUT2D eigenvalue weighted by molar-refractivity contribution is -0.130. The molecule has 3 aromatic carbocycles. The quantitative estimate of drug-likeness (QED) is 0.463. The molecule has 1 aliphatic rings. The van der Waals surface area contributed by atoms with Crippen LogP contribution in [0.15, 0.2) is 54.6 Å². The minimum Gasteiger partial charge on any atom is -0.493 e. The summed E-state index contributed by atoms with van der Waals surface area (Å²) in [6.45, 7) is 4.78. The zero-order chi connectivity index (χ0) is 24.1. The molecule has 180 valence electrons. The van der Waals surface area contributed by atoms with Crippen LogP contribution in [0, 0.1) is 0 Å². The summed E-state index contributed by atoms with van der Waals surface area (Å²) in [7, 11) is 5.47. The van der Waals surface area contributed by atoms with Gasteiger partial charge in [-0.05, 0) is 79.4 Å². The molecule has 1 unspecified atom stereocenters. The van der Waals surface area contributed by atoms with Crippen LogP contribution in [0.5, 0.6) is 11.5 Å². The molecule has 0 aromatic heterocycles. The predicted molar refractivity (Wildman–Crippen MR) is 138 cm³/mol. The first-order valence-electron chi connectivity index (χ1n) is 12.2. The maximum Gasteiger partial charge on any atom is 0.227 e. The molecule has 5 heteroatoms. The molecule has 1 aliphatic heterocycles. The number of carbonyl (C=O) groups is 1. The molecule has 4 rings (SSSR count). The van der Waals surface area contributed by atoms with Gasteiger partial charge >= 0.3 is 0 Å². The van der Waals surface area contributed by atoms with E-state index in [0.29, 0.717) is 18.2 Å². The van der Waals surface area contributed by atoms with E-state index >= 15 is 0 Å². The van der Waals surface area contributed by atoms with Crippen LogP contribution in [0.3, 0.4) is 0 Å². The second kappa shape index (κ2) is 10.9. The molecular formula is C29H36N2O3. The van der Waals surface area contributed by atoms with Crippen LogP contribution < -0.4 is 9.47 Å². The topological polar surface area (TPSA) is 42.0 Å². The Hall–Kier alpha value is -3.05. The van der Waals surface area contributed by atoms with E-state index in [9.17, 15) is 4.79 Å². The fourth-order valence-corrected chi connectivity index (χ4v) is 4.93. The Bertz CT molecular complexity index is 1140. The Morgan fingerprint density at radius 1 is 1.00 bits per heavy atom. The maximum atomic E-state index is 12.9. The van der Waals surface area contributed by atoms with E-state index in [1.54, 1.807) is 14.2 Å². The fourth-order valence-electron chi connectivity index (χ4n) is 4.93. The molecule has 1 atom stereocenters. The van der Waals surface area contributed by atoms with Crippen molar-refractivity contribution in [2.75, 3.05) is 40.9 Å². The SMILES string of the molecule is COc1cc2c(cc1OC)CC(=O)N(CCCN(C)C(C)Cc1cccc3ccccc13)CC2. The minimum atomic E-state index is 0.192. The first kappa shape index (κ1) is 24.1. The van der Waals surface area contributed by atoms with Crippen molar-refractivity contribution in [3.05, 3.63) is 71.3 Å². The summed E-state index contributed by atoms with van der Waals surface area (Å²) in [5.74, 6) is 1.60. The van der Waals surface area contributed by atoms with Gasteiger partial charge in [-0.3, -0.25) is 4.79 Å². The maximum absolute atomic E-state index is 12.9. The van der Waals surface area contributed by atoms with Gasteiger partial charge in [-0.2, -0.15) is 0 Å². The fraction of sp³-hybridized carbons (Fsp3) is 0.414. The summed E-state index contributed by atoms with van der Waals surface area (Å²) < 4.78 is 10.9. The summed E-state index contributed by atoms with van der Waals surface area (Å²) in [6.07, 6.45) is 3.24. The van der Waals surface area contributed by atoms with Crippen LogP contribution >= 0.6 is 0 Å². The first-order chi connectivity index (χ1) is 16.5. The van der Waals surface area contributed by atoms with E-state index in [0.717, 1.165) is 50.2 Å². The highest BCUT2D eigenvalue weighted by Gasteiger charge is 2.23. The van der Waals surface area contributed by atoms with Crippen molar-refractivity contribution in [1.29, 1.82) is 0 Å². The largest absolute Gasteiger partial charge is 0.493 e. The zero-order valence-corrected chi connectivity index (χ0v) is 20.8. The summed E-state index contributed by atoms with van der Waals surface area (Å²) in [5.41, 5.74) is 3.61. The van der Waals surface area contributed by atoms with Crippen molar-refractivity contribution < 1.29 is 14.3 Å². The molecule has 0 radical (unpaired) electrons. The highest BCUT2D eigenvalue weighted by Crippen LogP contribution is 2.32. The molecule has 5 nitrogen and oxygen atoms in total. The number of nitrogens with zero attached hydrogens (tertiary/aromatic N) is 2. The lowest BCUT2D eigenvalue weighted by Crippen LogP contribution is -2.37. The molecule has 0 N–H and O–H groups in total. The number of amides is 1. The van der Waals surface area contributed by atoms with Gasteiger partial charge in [0.15, 0.2) is 11.5 Å². The van der Waals surface area contributed by atoms with Crippen molar-refractivity contribution in [3.63, 3.8) is 0 Å². The van der Waals surface area contributed by atoms with Gasteiger partial charge in [0.25, 0.3) is 0 Å². The van der Waals surface area contributed by atoms with Gasteiger partial charge < -0.3 is 19.3 Å². The number of carbonyl (C=O) groups excluding carboxylic acids is 1. The van der Waals surface area contributed by atoms with Gasteiger partial charge in [0.05, 0.1) is 20.6 Å². The highest BCUT2D eigenvalue weighted by atomic mass is 16.5. The smallest absolute Gasteiger partial charge is 0.227 e. The summed E-state index contributed by atoms with van der Waals surface area (Å²) >= 11 is 0. The molecule has 0 spiro atoms. The average Bonchev–Trinajstić information content (AvgIpc) is 3.00. The number of likely N-dealkylation sites (N-methyl/N-ethyl adjacent to an activating group) is 1.